The smallest absolute Gasteiger partial charge is 0.338 e. The van der Waals surface area contributed by atoms with Gasteiger partial charge in [0, 0.05) is 17.1 Å². The van der Waals surface area contributed by atoms with Gasteiger partial charge in [-0.15, -0.1) is 0 Å². The Morgan fingerprint density at radius 1 is 1.05 bits per heavy atom. The molecular formula is C32H33N3O4S. The number of rotatable bonds is 6. The van der Waals surface area contributed by atoms with Crippen molar-refractivity contribution in [3.8, 4) is 11.4 Å². The molecule has 0 aliphatic carbocycles. The summed E-state index contributed by atoms with van der Waals surface area (Å²) < 4.78 is 15.3. The second-order valence-electron chi connectivity index (χ2n) is 10.3. The molecule has 0 unspecified atom stereocenters. The van der Waals surface area contributed by atoms with Gasteiger partial charge < -0.3 is 14.0 Å². The van der Waals surface area contributed by atoms with Crippen molar-refractivity contribution >= 4 is 23.4 Å². The highest BCUT2D eigenvalue weighted by molar-refractivity contribution is 7.07. The lowest BCUT2D eigenvalue weighted by molar-refractivity contribution is -0.143. The fourth-order valence-electron chi connectivity index (χ4n) is 5.20. The van der Waals surface area contributed by atoms with E-state index < -0.39 is 12.0 Å². The lowest BCUT2D eigenvalue weighted by Crippen LogP contribution is -2.40. The van der Waals surface area contributed by atoms with E-state index in [1.54, 1.807) is 32.4 Å². The van der Waals surface area contributed by atoms with Crippen molar-refractivity contribution in [3.05, 3.63) is 114 Å². The van der Waals surface area contributed by atoms with Crippen LogP contribution in [0.1, 0.15) is 54.9 Å². The van der Waals surface area contributed by atoms with Crippen molar-refractivity contribution in [1.82, 2.24) is 9.13 Å². The van der Waals surface area contributed by atoms with E-state index in [1.807, 2.05) is 36.4 Å². The van der Waals surface area contributed by atoms with Crippen LogP contribution in [0.5, 0.6) is 5.75 Å². The summed E-state index contributed by atoms with van der Waals surface area (Å²) >= 11 is 1.32. The van der Waals surface area contributed by atoms with Gasteiger partial charge in [-0.05, 0) is 94.6 Å². The minimum absolute atomic E-state index is 0.202. The molecule has 40 heavy (non-hydrogen) atoms. The monoisotopic (exact) mass is 555 g/mol. The Balaban J connectivity index is 1.68. The second-order valence-corrected chi connectivity index (χ2v) is 11.3. The predicted molar refractivity (Wildman–Crippen MR) is 158 cm³/mol. The average Bonchev–Trinajstić information content (AvgIpc) is 3.36. The fraction of sp³-hybridized carbons (Fsp3) is 0.281. The van der Waals surface area contributed by atoms with Crippen LogP contribution in [0.3, 0.4) is 0 Å². The minimum Gasteiger partial charge on any atom is -0.497 e. The molecular weight excluding hydrogens is 522 g/mol. The number of aromatic nitrogens is 2. The number of methoxy groups -OCH3 is 1. The summed E-state index contributed by atoms with van der Waals surface area (Å²) in [6.07, 6.45) is 1.62. The summed E-state index contributed by atoms with van der Waals surface area (Å²) in [6, 6.07) is 17.2. The summed E-state index contributed by atoms with van der Waals surface area (Å²) in [5, 5.41) is 0. The van der Waals surface area contributed by atoms with E-state index in [0.29, 0.717) is 26.4 Å². The molecule has 206 valence electrons. The number of thiazole rings is 1. The van der Waals surface area contributed by atoms with Crippen LogP contribution in [0.15, 0.2) is 75.7 Å². The van der Waals surface area contributed by atoms with Gasteiger partial charge in [0.25, 0.3) is 5.56 Å². The highest BCUT2D eigenvalue weighted by Gasteiger charge is 2.33. The SMILES string of the molecule is COc1ccc([C@@H]2C(C(=O)OC(C)C)=C(C)N=c3s/c(=C/c4cc(C)n(-c5cccc(C)c5)c4C)c(=O)n32)cc1. The maximum Gasteiger partial charge on any atom is 0.338 e. The number of allylic oxidation sites excluding steroid dienone is 1. The first-order valence-corrected chi connectivity index (χ1v) is 14.0. The predicted octanol–water partition coefficient (Wildman–Crippen LogP) is 4.91. The number of nitrogens with zero attached hydrogens (tertiary/aromatic N) is 3. The Kier molecular flexibility index (Phi) is 7.38. The van der Waals surface area contributed by atoms with Gasteiger partial charge in [0.1, 0.15) is 5.75 Å². The van der Waals surface area contributed by atoms with Crippen molar-refractivity contribution in [2.75, 3.05) is 7.11 Å². The molecule has 0 N–H and O–H groups in total. The summed E-state index contributed by atoms with van der Waals surface area (Å²) in [5.41, 5.74) is 6.81. The number of ether oxygens (including phenoxy) is 2. The van der Waals surface area contributed by atoms with Gasteiger partial charge in [-0.25, -0.2) is 9.79 Å². The Morgan fingerprint density at radius 3 is 2.42 bits per heavy atom. The Labute approximate surface area is 237 Å². The first-order valence-electron chi connectivity index (χ1n) is 13.2. The van der Waals surface area contributed by atoms with Gasteiger partial charge in [-0.1, -0.05) is 35.6 Å². The normalized spacial score (nSPS) is 15.3. The van der Waals surface area contributed by atoms with Gasteiger partial charge in [0.15, 0.2) is 4.80 Å². The second kappa shape index (κ2) is 10.8. The molecule has 8 heteroatoms. The summed E-state index contributed by atoms with van der Waals surface area (Å²) in [4.78, 5) is 32.6. The molecule has 3 heterocycles. The topological polar surface area (TPSA) is 74.8 Å². The Bertz CT molecular complexity index is 1820. The van der Waals surface area contributed by atoms with E-state index in [0.717, 1.165) is 28.2 Å². The van der Waals surface area contributed by atoms with Crippen LogP contribution in [0.25, 0.3) is 11.8 Å². The largest absolute Gasteiger partial charge is 0.497 e. The summed E-state index contributed by atoms with van der Waals surface area (Å²) in [5.74, 6) is 0.209. The Hall–Kier alpha value is -4.17. The van der Waals surface area contributed by atoms with Crippen LogP contribution in [0.4, 0.5) is 0 Å². The van der Waals surface area contributed by atoms with Crippen molar-refractivity contribution in [2.45, 2.75) is 53.7 Å². The van der Waals surface area contributed by atoms with Gasteiger partial charge >= 0.3 is 5.97 Å². The lowest BCUT2D eigenvalue weighted by Gasteiger charge is -2.25. The quantitative estimate of drug-likeness (QED) is 0.317. The molecule has 1 atom stereocenters. The first kappa shape index (κ1) is 27.4. The van der Waals surface area contributed by atoms with Crippen molar-refractivity contribution < 1.29 is 14.3 Å². The molecule has 5 rings (SSSR count). The number of benzene rings is 2. The van der Waals surface area contributed by atoms with Crippen LogP contribution in [0, 0.1) is 20.8 Å². The van der Waals surface area contributed by atoms with E-state index in [4.69, 9.17) is 14.5 Å². The zero-order valence-corrected chi connectivity index (χ0v) is 24.6. The minimum atomic E-state index is -0.671. The third-order valence-corrected chi connectivity index (χ3v) is 8.02. The van der Waals surface area contributed by atoms with Gasteiger partial charge in [-0.2, -0.15) is 0 Å². The van der Waals surface area contributed by atoms with Crippen LogP contribution in [0.2, 0.25) is 0 Å². The highest BCUT2D eigenvalue weighted by atomic mass is 32.1. The van der Waals surface area contributed by atoms with Gasteiger partial charge in [0.05, 0.1) is 35.1 Å². The highest BCUT2D eigenvalue weighted by Crippen LogP contribution is 2.32. The molecule has 4 aromatic rings. The number of carbonyl (C=O) groups excluding carboxylic acids is 1. The molecule has 1 aliphatic rings. The van der Waals surface area contributed by atoms with Crippen LogP contribution in [-0.2, 0) is 9.53 Å². The van der Waals surface area contributed by atoms with E-state index in [1.165, 1.54) is 16.9 Å². The van der Waals surface area contributed by atoms with Crippen LogP contribution >= 0.6 is 11.3 Å². The summed E-state index contributed by atoms with van der Waals surface area (Å²) in [6.45, 7) is 11.6. The molecule has 0 fully saturated rings. The van der Waals surface area contributed by atoms with Crippen molar-refractivity contribution in [3.63, 3.8) is 0 Å². The lowest BCUT2D eigenvalue weighted by atomic mass is 9.96. The number of carbonyl (C=O) groups is 1. The molecule has 0 amide bonds. The van der Waals surface area contributed by atoms with E-state index in [2.05, 4.69) is 49.6 Å². The zero-order chi connectivity index (χ0) is 28.7. The van der Waals surface area contributed by atoms with Crippen molar-refractivity contribution in [2.24, 2.45) is 4.99 Å². The van der Waals surface area contributed by atoms with E-state index >= 15 is 0 Å². The fourth-order valence-corrected chi connectivity index (χ4v) is 6.24. The molecule has 0 bridgehead atoms. The number of esters is 1. The van der Waals surface area contributed by atoms with E-state index in [9.17, 15) is 9.59 Å². The van der Waals surface area contributed by atoms with Crippen LogP contribution in [-0.4, -0.2) is 28.3 Å². The summed E-state index contributed by atoms with van der Waals surface area (Å²) in [7, 11) is 1.60. The molecule has 0 radical (unpaired) electrons. The standard InChI is InChI=1S/C32H33N3O4S/c1-18(2)39-31(37)28-21(5)33-32-35(29(28)23-11-13-26(38-7)14-12-23)30(36)27(40-32)17-24-16-20(4)34(22(24)6)25-10-8-9-19(3)15-25/h8-18,29H,1-7H3/b27-17+/t29-/m1/s1. The number of hydrogen-bond acceptors (Lipinski definition) is 6. The number of hydrogen-bond donors (Lipinski definition) is 0. The number of aryl methyl sites for hydroxylation is 2. The average molecular weight is 556 g/mol. The third kappa shape index (κ3) is 4.95. The van der Waals surface area contributed by atoms with Gasteiger partial charge in [-0.3, -0.25) is 9.36 Å². The van der Waals surface area contributed by atoms with Crippen molar-refractivity contribution in [1.29, 1.82) is 0 Å². The third-order valence-electron chi connectivity index (χ3n) is 7.03. The first-order chi connectivity index (χ1) is 19.1. The molecule has 0 spiro atoms. The molecule has 0 saturated heterocycles. The molecule has 7 nitrogen and oxygen atoms in total. The van der Waals surface area contributed by atoms with E-state index in [-0.39, 0.29) is 11.7 Å². The molecule has 1 aliphatic heterocycles. The Morgan fingerprint density at radius 2 is 1.77 bits per heavy atom. The van der Waals surface area contributed by atoms with Gasteiger partial charge in [0.2, 0.25) is 0 Å². The zero-order valence-electron chi connectivity index (χ0n) is 23.8. The maximum atomic E-state index is 14.0. The van der Waals surface area contributed by atoms with Crippen LogP contribution < -0.4 is 19.6 Å². The number of fused-ring (bicyclic) bond motifs is 1. The molecule has 0 saturated carbocycles. The molecule has 2 aromatic carbocycles. The maximum absolute atomic E-state index is 14.0. The molecule has 2 aromatic heterocycles.